The van der Waals surface area contributed by atoms with Crippen LogP contribution in [0.15, 0.2) is 59.5 Å². The zero-order valence-corrected chi connectivity index (χ0v) is 14.9. The van der Waals surface area contributed by atoms with E-state index in [0.29, 0.717) is 11.8 Å². The minimum atomic E-state index is -0.274. The van der Waals surface area contributed by atoms with Gasteiger partial charge in [0, 0.05) is 29.4 Å². The molecule has 4 aromatic heterocycles. The molecule has 1 saturated carbocycles. The van der Waals surface area contributed by atoms with Gasteiger partial charge in [0.15, 0.2) is 5.65 Å². The maximum absolute atomic E-state index is 13.4. The number of halogens is 1. The van der Waals surface area contributed by atoms with E-state index in [-0.39, 0.29) is 5.82 Å². The summed E-state index contributed by atoms with van der Waals surface area (Å²) in [6.07, 6.45) is 9.07. The summed E-state index contributed by atoms with van der Waals surface area (Å²) in [5, 5.41) is 8.73. The second kappa shape index (κ2) is 5.76. The van der Waals surface area contributed by atoms with Crippen molar-refractivity contribution in [3.05, 3.63) is 66.7 Å². The number of hydrogen-bond donors (Lipinski definition) is 0. The molecule has 1 aliphatic rings. The van der Waals surface area contributed by atoms with Crippen LogP contribution >= 0.6 is 0 Å². The molecule has 0 bridgehead atoms. The zero-order valence-electron chi connectivity index (χ0n) is 14.9. The van der Waals surface area contributed by atoms with Gasteiger partial charge < -0.3 is 4.42 Å². The van der Waals surface area contributed by atoms with E-state index in [4.69, 9.17) is 4.42 Å². The number of oxazole rings is 1. The van der Waals surface area contributed by atoms with Gasteiger partial charge in [-0.05, 0) is 49.2 Å². The Morgan fingerprint density at radius 2 is 1.79 bits per heavy atom. The summed E-state index contributed by atoms with van der Waals surface area (Å²) in [7, 11) is 0. The quantitative estimate of drug-likeness (QED) is 0.459. The molecule has 1 aliphatic carbocycles. The maximum atomic E-state index is 13.4. The monoisotopic (exact) mass is 373 g/mol. The molecular formula is C21H16FN5O. The maximum Gasteiger partial charge on any atom is 0.306 e. The lowest BCUT2D eigenvalue weighted by Crippen LogP contribution is -2.12. The molecule has 6 nitrogen and oxygen atoms in total. The van der Waals surface area contributed by atoms with Crippen LogP contribution in [-0.4, -0.2) is 24.0 Å². The molecule has 0 unspecified atom stereocenters. The molecule has 6 rings (SSSR count). The van der Waals surface area contributed by atoms with E-state index in [1.165, 1.54) is 18.6 Å². The fourth-order valence-electron chi connectivity index (χ4n) is 3.86. The van der Waals surface area contributed by atoms with Crippen LogP contribution < -0.4 is 0 Å². The van der Waals surface area contributed by atoms with E-state index in [2.05, 4.69) is 25.8 Å². The minimum Gasteiger partial charge on any atom is -0.432 e. The second-order valence-electron chi connectivity index (χ2n) is 7.20. The zero-order chi connectivity index (χ0) is 18.7. The van der Waals surface area contributed by atoms with E-state index in [1.54, 1.807) is 18.4 Å². The molecule has 0 amide bonds. The topological polar surface area (TPSA) is 60.6 Å². The average molecular weight is 373 g/mol. The third kappa shape index (κ3) is 2.22. The lowest BCUT2D eigenvalue weighted by atomic mass is 9.85. The van der Waals surface area contributed by atoms with Crippen LogP contribution in [0.25, 0.3) is 34.0 Å². The first-order chi connectivity index (χ1) is 13.8. The van der Waals surface area contributed by atoms with Crippen molar-refractivity contribution in [1.29, 1.82) is 0 Å². The fraction of sp³-hybridized carbons (Fsp3) is 0.190. The molecule has 0 spiro atoms. The highest BCUT2D eigenvalue weighted by molar-refractivity contribution is 5.81. The normalized spacial score (nSPS) is 14.8. The lowest BCUT2D eigenvalue weighted by Gasteiger charge is -2.23. The molecule has 0 N–H and O–H groups in total. The molecule has 1 aromatic carbocycles. The Morgan fingerprint density at radius 1 is 0.964 bits per heavy atom. The number of aromatic nitrogens is 5. The predicted octanol–water partition coefficient (Wildman–Crippen LogP) is 4.71. The Kier molecular flexibility index (Phi) is 3.20. The van der Waals surface area contributed by atoms with Crippen LogP contribution in [0.1, 0.15) is 31.0 Å². The SMILES string of the molecule is Fc1ccc(-c2nc3occn3c2-c2ccc3nnc(C4CCC4)n3c2)cc1. The third-order valence-corrected chi connectivity index (χ3v) is 5.55. The Bertz CT molecular complexity index is 1310. The Balaban J connectivity index is 1.58. The van der Waals surface area contributed by atoms with Crippen LogP contribution in [0.2, 0.25) is 0 Å². The third-order valence-electron chi connectivity index (χ3n) is 5.55. The summed E-state index contributed by atoms with van der Waals surface area (Å²) in [6, 6.07) is 10.3. The molecule has 5 aromatic rings. The second-order valence-corrected chi connectivity index (χ2v) is 7.20. The molecule has 28 heavy (non-hydrogen) atoms. The number of rotatable bonds is 3. The van der Waals surface area contributed by atoms with Gasteiger partial charge in [-0.15, -0.1) is 10.2 Å². The van der Waals surface area contributed by atoms with Crippen molar-refractivity contribution in [1.82, 2.24) is 24.0 Å². The van der Waals surface area contributed by atoms with E-state index >= 15 is 0 Å². The van der Waals surface area contributed by atoms with E-state index in [0.717, 1.165) is 46.8 Å². The Hall–Kier alpha value is -3.48. The van der Waals surface area contributed by atoms with Crippen LogP contribution in [0.5, 0.6) is 0 Å². The molecule has 0 atom stereocenters. The van der Waals surface area contributed by atoms with Crippen molar-refractivity contribution in [2.24, 2.45) is 0 Å². The van der Waals surface area contributed by atoms with Crippen molar-refractivity contribution >= 4 is 11.5 Å². The molecule has 0 saturated heterocycles. The summed E-state index contributed by atoms with van der Waals surface area (Å²) in [5.41, 5.74) is 4.28. The number of nitrogens with zero attached hydrogens (tertiary/aromatic N) is 5. The first-order valence-corrected chi connectivity index (χ1v) is 9.34. The van der Waals surface area contributed by atoms with Crippen molar-refractivity contribution in [3.8, 4) is 22.5 Å². The van der Waals surface area contributed by atoms with E-state index < -0.39 is 0 Å². The van der Waals surface area contributed by atoms with Crippen molar-refractivity contribution < 1.29 is 8.81 Å². The first kappa shape index (κ1) is 15.6. The smallest absolute Gasteiger partial charge is 0.306 e. The summed E-state index contributed by atoms with van der Waals surface area (Å²) in [5.74, 6) is 1.71. The van der Waals surface area contributed by atoms with Gasteiger partial charge in [0.05, 0.1) is 5.69 Å². The minimum absolute atomic E-state index is 0.274. The number of fused-ring (bicyclic) bond motifs is 2. The van der Waals surface area contributed by atoms with E-state index in [1.807, 2.05) is 22.7 Å². The van der Waals surface area contributed by atoms with Gasteiger partial charge in [0.2, 0.25) is 0 Å². The van der Waals surface area contributed by atoms with Crippen LogP contribution in [0.4, 0.5) is 4.39 Å². The van der Waals surface area contributed by atoms with Gasteiger partial charge >= 0.3 is 5.84 Å². The lowest BCUT2D eigenvalue weighted by molar-refractivity contribution is 0.399. The molecule has 138 valence electrons. The van der Waals surface area contributed by atoms with Gasteiger partial charge in [-0.25, -0.2) is 4.39 Å². The average Bonchev–Trinajstić information content (AvgIpc) is 3.35. The van der Waals surface area contributed by atoms with Gasteiger partial charge in [-0.2, -0.15) is 4.98 Å². The van der Waals surface area contributed by atoms with Crippen molar-refractivity contribution in [3.63, 3.8) is 0 Å². The number of imidazole rings is 1. The van der Waals surface area contributed by atoms with Gasteiger partial charge in [-0.1, -0.05) is 6.42 Å². The Morgan fingerprint density at radius 3 is 2.57 bits per heavy atom. The molecule has 7 heteroatoms. The van der Waals surface area contributed by atoms with Gasteiger partial charge in [0.1, 0.15) is 23.6 Å². The Labute approximate surface area is 159 Å². The summed E-state index contributed by atoms with van der Waals surface area (Å²) < 4.78 is 22.9. The summed E-state index contributed by atoms with van der Waals surface area (Å²) >= 11 is 0. The molecule has 0 radical (unpaired) electrons. The molecule has 0 aliphatic heterocycles. The van der Waals surface area contributed by atoms with Crippen LogP contribution in [0, 0.1) is 5.82 Å². The van der Waals surface area contributed by atoms with Crippen LogP contribution in [-0.2, 0) is 0 Å². The van der Waals surface area contributed by atoms with Crippen molar-refractivity contribution in [2.45, 2.75) is 25.2 Å². The number of pyridine rings is 1. The molecule has 4 heterocycles. The highest BCUT2D eigenvalue weighted by atomic mass is 19.1. The predicted molar refractivity (Wildman–Crippen MR) is 101 cm³/mol. The summed E-state index contributed by atoms with van der Waals surface area (Å²) in [6.45, 7) is 0. The van der Waals surface area contributed by atoms with Crippen molar-refractivity contribution in [2.75, 3.05) is 0 Å². The number of hydrogen-bond acceptors (Lipinski definition) is 4. The van der Waals surface area contributed by atoms with Crippen LogP contribution in [0.3, 0.4) is 0 Å². The molecular weight excluding hydrogens is 357 g/mol. The van der Waals surface area contributed by atoms with Gasteiger partial charge in [-0.3, -0.25) is 8.80 Å². The molecule has 1 fully saturated rings. The van der Waals surface area contributed by atoms with Gasteiger partial charge in [0.25, 0.3) is 0 Å². The fourth-order valence-corrected chi connectivity index (χ4v) is 3.86. The number of benzene rings is 1. The first-order valence-electron chi connectivity index (χ1n) is 9.34. The largest absolute Gasteiger partial charge is 0.432 e. The standard InChI is InChI=1S/C21H16FN5O/c22-16-7-4-13(5-8-16)18-19(26-10-11-28-21(26)23-18)15-6-9-17-24-25-20(27(17)12-15)14-2-1-3-14/h4-12,14H,1-3H2. The van der Waals surface area contributed by atoms with E-state index in [9.17, 15) is 4.39 Å². The summed E-state index contributed by atoms with van der Waals surface area (Å²) in [4.78, 5) is 4.63. The highest BCUT2D eigenvalue weighted by Gasteiger charge is 2.25. The highest BCUT2D eigenvalue weighted by Crippen LogP contribution is 2.37.